The monoisotopic (exact) mass is 267 g/mol. The molecule has 0 spiro atoms. The fraction of sp³-hybridized carbons (Fsp3) is 0.500. The molecule has 1 aromatic carbocycles. The summed E-state index contributed by atoms with van der Waals surface area (Å²) in [7, 11) is 0. The zero-order valence-electron chi connectivity index (χ0n) is 11.4. The fourth-order valence-electron chi connectivity index (χ4n) is 2.26. The molecule has 0 saturated heterocycles. The molecule has 0 aliphatic rings. The summed E-state index contributed by atoms with van der Waals surface area (Å²) in [5.41, 5.74) is 6.41. The van der Waals surface area contributed by atoms with Gasteiger partial charge in [-0.25, -0.2) is 13.8 Å². The van der Waals surface area contributed by atoms with E-state index >= 15 is 0 Å². The molecule has 2 rings (SSSR count). The predicted octanol–water partition coefficient (Wildman–Crippen LogP) is 3.32. The van der Waals surface area contributed by atoms with E-state index < -0.39 is 11.6 Å². The van der Waals surface area contributed by atoms with Crippen molar-refractivity contribution in [1.29, 1.82) is 0 Å². The summed E-state index contributed by atoms with van der Waals surface area (Å²) in [6, 6.07) is 2.59. The van der Waals surface area contributed by atoms with Crippen molar-refractivity contribution in [2.75, 3.05) is 6.54 Å². The number of imidazole rings is 1. The van der Waals surface area contributed by atoms with Gasteiger partial charge in [-0.15, -0.1) is 0 Å². The molecule has 19 heavy (non-hydrogen) atoms. The second kappa shape index (κ2) is 4.89. The molecule has 0 fully saturated rings. The maximum atomic E-state index is 13.6. The number of nitrogens with one attached hydrogen (secondary N) is 1. The van der Waals surface area contributed by atoms with E-state index in [0.717, 1.165) is 12.5 Å². The summed E-state index contributed by atoms with van der Waals surface area (Å²) in [5, 5.41) is 0. The Morgan fingerprint density at radius 1 is 1.32 bits per heavy atom. The number of nitrogens with zero attached hydrogens (tertiary/aromatic N) is 1. The minimum atomic E-state index is -0.911. The van der Waals surface area contributed by atoms with Crippen LogP contribution in [0.25, 0.3) is 11.0 Å². The zero-order valence-corrected chi connectivity index (χ0v) is 11.4. The smallest absolute Gasteiger partial charge is 0.186 e. The summed E-state index contributed by atoms with van der Waals surface area (Å²) in [6.07, 6.45) is 0.827. The first-order valence-corrected chi connectivity index (χ1v) is 6.35. The molecule has 3 N–H and O–H groups in total. The van der Waals surface area contributed by atoms with E-state index in [1.807, 2.05) is 0 Å². The number of fused-ring (bicyclic) bond motifs is 1. The maximum absolute atomic E-state index is 13.6. The SMILES string of the molecule is CC(C)(C)CC(CN)c1nc2c(F)c(F)ccc2[nH]1. The molecule has 0 aliphatic carbocycles. The maximum Gasteiger partial charge on any atom is 0.186 e. The lowest BCUT2D eigenvalue weighted by molar-refractivity contribution is 0.337. The highest BCUT2D eigenvalue weighted by Gasteiger charge is 2.23. The molecule has 1 aromatic heterocycles. The minimum Gasteiger partial charge on any atom is -0.342 e. The summed E-state index contributed by atoms with van der Waals surface area (Å²) in [6.45, 7) is 6.75. The number of nitrogens with two attached hydrogens (primary N) is 1. The van der Waals surface area contributed by atoms with Crippen LogP contribution in [0.15, 0.2) is 12.1 Å². The fourth-order valence-corrected chi connectivity index (χ4v) is 2.26. The van der Waals surface area contributed by atoms with E-state index in [1.165, 1.54) is 6.07 Å². The third kappa shape index (κ3) is 2.92. The molecule has 0 amide bonds. The van der Waals surface area contributed by atoms with Gasteiger partial charge in [-0.1, -0.05) is 20.8 Å². The van der Waals surface area contributed by atoms with Crippen molar-refractivity contribution in [2.24, 2.45) is 11.1 Å². The Morgan fingerprint density at radius 2 is 2.00 bits per heavy atom. The Kier molecular flexibility index (Phi) is 3.58. The van der Waals surface area contributed by atoms with E-state index in [2.05, 4.69) is 30.7 Å². The van der Waals surface area contributed by atoms with Crippen LogP contribution < -0.4 is 5.73 Å². The second-order valence-corrected chi connectivity index (χ2v) is 6.08. The topological polar surface area (TPSA) is 54.7 Å². The number of hydrogen-bond donors (Lipinski definition) is 2. The molecule has 5 heteroatoms. The van der Waals surface area contributed by atoms with E-state index in [0.29, 0.717) is 17.9 Å². The van der Waals surface area contributed by atoms with Crippen LogP contribution in [0.4, 0.5) is 8.78 Å². The molecular weight excluding hydrogens is 248 g/mol. The van der Waals surface area contributed by atoms with Gasteiger partial charge in [0.25, 0.3) is 0 Å². The Hall–Kier alpha value is -1.49. The number of rotatable bonds is 3. The van der Waals surface area contributed by atoms with Crippen molar-refractivity contribution in [1.82, 2.24) is 9.97 Å². The standard InChI is InChI=1S/C14H19F2N3/c1-14(2,3)6-8(7-17)13-18-10-5-4-9(15)11(16)12(10)19-13/h4-5,8H,6-7,17H2,1-3H3,(H,18,19). The Morgan fingerprint density at radius 3 is 2.58 bits per heavy atom. The van der Waals surface area contributed by atoms with E-state index in [9.17, 15) is 8.78 Å². The minimum absolute atomic E-state index is 0.00913. The first kappa shape index (κ1) is 13.9. The molecule has 0 saturated carbocycles. The van der Waals surface area contributed by atoms with Gasteiger partial charge >= 0.3 is 0 Å². The van der Waals surface area contributed by atoms with Crippen molar-refractivity contribution in [2.45, 2.75) is 33.1 Å². The van der Waals surface area contributed by atoms with Crippen molar-refractivity contribution >= 4 is 11.0 Å². The number of halogens is 2. The van der Waals surface area contributed by atoms with E-state index in [1.54, 1.807) is 0 Å². The highest BCUT2D eigenvalue weighted by atomic mass is 19.2. The molecule has 1 atom stereocenters. The molecule has 2 aromatic rings. The van der Waals surface area contributed by atoms with Crippen molar-refractivity contribution < 1.29 is 8.78 Å². The Balaban J connectivity index is 2.42. The predicted molar refractivity (Wildman–Crippen MR) is 71.9 cm³/mol. The van der Waals surface area contributed by atoms with Crippen LogP contribution in [-0.4, -0.2) is 16.5 Å². The average molecular weight is 267 g/mol. The molecule has 0 radical (unpaired) electrons. The summed E-state index contributed by atoms with van der Waals surface area (Å²) in [4.78, 5) is 7.22. The number of H-pyrrole nitrogens is 1. The number of aromatic amines is 1. The van der Waals surface area contributed by atoms with E-state index in [-0.39, 0.29) is 16.8 Å². The lowest BCUT2D eigenvalue weighted by Gasteiger charge is -2.23. The van der Waals surface area contributed by atoms with Crippen LogP contribution >= 0.6 is 0 Å². The molecule has 1 heterocycles. The van der Waals surface area contributed by atoms with Gasteiger partial charge in [-0.2, -0.15) is 0 Å². The third-order valence-corrected chi connectivity index (χ3v) is 3.09. The second-order valence-electron chi connectivity index (χ2n) is 6.08. The third-order valence-electron chi connectivity index (χ3n) is 3.09. The first-order chi connectivity index (χ1) is 8.81. The van der Waals surface area contributed by atoms with Crippen LogP contribution in [0, 0.1) is 17.0 Å². The Bertz CT molecular complexity index is 584. The van der Waals surface area contributed by atoms with Crippen LogP contribution in [-0.2, 0) is 0 Å². The molecule has 0 aliphatic heterocycles. The zero-order chi connectivity index (χ0) is 14.2. The summed E-state index contributed by atoms with van der Waals surface area (Å²) in [5.74, 6) is -1.16. The first-order valence-electron chi connectivity index (χ1n) is 6.35. The quantitative estimate of drug-likeness (QED) is 0.896. The van der Waals surface area contributed by atoms with Gasteiger partial charge in [-0.05, 0) is 24.0 Å². The van der Waals surface area contributed by atoms with Gasteiger partial charge in [0.05, 0.1) is 5.52 Å². The number of benzene rings is 1. The van der Waals surface area contributed by atoms with Crippen molar-refractivity contribution in [3.63, 3.8) is 0 Å². The van der Waals surface area contributed by atoms with E-state index in [4.69, 9.17) is 5.73 Å². The lowest BCUT2D eigenvalue weighted by atomic mass is 9.84. The van der Waals surface area contributed by atoms with Crippen LogP contribution in [0.2, 0.25) is 0 Å². The van der Waals surface area contributed by atoms with Gasteiger partial charge in [-0.3, -0.25) is 0 Å². The van der Waals surface area contributed by atoms with Gasteiger partial charge in [0, 0.05) is 12.5 Å². The van der Waals surface area contributed by atoms with Gasteiger partial charge in [0.1, 0.15) is 11.3 Å². The van der Waals surface area contributed by atoms with Gasteiger partial charge in [0.2, 0.25) is 0 Å². The molecule has 104 valence electrons. The molecule has 0 bridgehead atoms. The van der Waals surface area contributed by atoms with Crippen LogP contribution in [0.1, 0.15) is 38.9 Å². The van der Waals surface area contributed by atoms with Gasteiger partial charge < -0.3 is 10.7 Å². The van der Waals surface area contributed by atoms with Crippen molar-refractivity contribution in [3.05, 3.63) is 29.6 Å². The summed E-state index contributed by atoms with van der Waals surface area (Å²) >= 11 is 0. The molecular formula is C14H19F2N3. The molecule has 3 nitrogen and oxygen atoms in total. The Labute approximate surface area is 111 Å². The average Bonchev–Trinajstić information content (AvgIpc) is 2.74. The number of hydrogen-bond acceptors (Lipinski definition) is 2. The lowest BCUT2D eigenvalue weighted by Crippen LogP contribution is -2.20. The number of aromatic nitrogens is 2. The largest absolute Gasteiger partial charge is 0.342 e. The van der Waals surface area contributed by atoms with Crippen LogP contribution in [0.3, 0.4) is 0 Å². The molecule has 1 unspecified atom stereocenters. The normalized spacial score (nSPS) is 14.0. The highest BCUT2D eigenvalue weighted by Crippen LogP contribution is 2.30. The van der Waals surface area contributed by atoms with Crippen LogP contribution in [0.5, 0.6) is 0 Å². The van der Waals surface area contributed by atoms with Crippen molar-refractivity contribution in [3.8, 4) is 0 Å². The van der Waals surface area contributed by atoms with Gasteiger partial charge in [0.15, 0.2) is 11.6 Å². The highest BCUT2D eigenvalue weighted by molar-refractivity contribution is 5.75. The summed E-state index contributed by atoms with van der Waals surface area (Å²) < 4.78 is 26.8.